The molecule has 1 fully saturated rings. The molecule has 0 bridgehead atoms. The van der Waals surface area contributed by atoms with E-state index in [0.717, 1.165) is 24.6 Å². The van der Waals surface area contributed by atoms with Gasteiger partial charge < -0.3 is 10.2 Å². The maximum absolute atomic E-state index is 13.0. The molecule has 3 nitrogen and oxygen atoms in total. The van der Waals surface area contributed by atoms with E-state index in [9.17, 15) is 4.79 Å². The summed E-state index contributed by atoms with van der Waals surface area (Å²) in [5.41, 5.74) is 4.76. The van der Waals surface area contributed by atoms with Gasteiger partial charge >= 0.3 is 0 Å². The molecule has 0 radical (unpaired) electrons. The van der Waals surface area contributed by atoms with Crippen molar-refractivity contribution < 1.29 is 4.79 Å². The van der Waals surface area contributed by atoms with Gasteiger partial charge in [0.25, 0.3) is 0 Å². The SMILES string of the molecule is C[C@H]1CCCN(c2ccc([C@@H](C)NC(=O)CC(c3ccccc3)c3ccccc3)cc2)C1. The van der Waals surface area contributed by atoms with E-state index < -0.39 is 0 Å². The molecule has 1 amide bonds. The number of nitrogens with zero attached hydrogens (tertiary/aromatic N) is 1. The summed E-state index contributed by atoms with van der Waals surface area (Å²) in [6.07, 6.45) is 3.02. The van der Waals surface area contributed by atoms with Crippen LogP contribution in [0.4, 0.5) is 5.69 Å². The molecule has 4 rings (SSSR count). The van der Waals surface area contributed by atoms with Crippen LogP contribution in [0, 0.1) is 5.92 Å². The van der Waals surface area contributed by atoms with Crippen LogP contribution >= 0.6 is 0 Å². The monoisotopic (exact) mass is 426 g/mol. The van der Waals surface area contributed by atoms with Crippen molar-refractivity contribution in [3.05, 3.63) is 102 Å². The summed E-state index contributed by atoms with van der Waals surface area (Å²) in [6, 6.07) is 29.3. The molecule has 0 spiro atoms. The van der Waals surface area contributed by atoms with Gasteiger partial charge in [-0.2, -0.15) is 0 Å². The fourth-order valence-electron chi connectivity index (χ4n) is 4.77. The molecule has 2 atom stereocenters. The van der Waals surface area contributed by atoms with Crippen molar-refractivity contribution in [1.29, 1.82) is 0 Å². The van der Waals surface area contributed by atoms with Gasteiger partial charge in [0.1, 0.15) is 0 Å². The quantitative estimate of drug-likeness (QED) is 0.479. The average molecular weight is 427 g/mol. The van der Waals surface area contributed by atoms with Gasteiger partial charge in [0.05, 0.1) is 6.04 Å². The van der Waals surface area contributed by atoms with Gasteiger partial charge in [0, 0.05) is 31.1 Å². The van der Waals surface area contributed by atoms with E-state index in [1.807, 2.05) is 36.4 Å². The molecule has 0 aromatic heterocycles. The van der Waals surface area contributed by atoms with E-state index in [2.05, 4.69) is 72.6 Å². The van der Waals surface area contributed by atoms with Crippen LogP contribution in [0.15, 0.2) is 84.9 Å². The largest absolute Gasteiger partial charge is 0.371 e. The van der Waals surface area contributed by atoms with E-state index in [1.165, 1.54) is 29.7 Å². The Morgan fingerprint density at radius 2 is 1.50 bits per heavy atom. The molecule has 3 aromatic rings. The minimum Gasteiger partial charge on any atom is -0.371 e. The molecule has 166 valence electrons. The van der Waals surface area contributed by atoms with Crippen LogP contribution in [0.5, 0.6) is 0 Å². The number of piperidine rings is 1. The molecule has 32 heavy (non-hydrogen) atoms. The Hall–Kier alpha value is -3.07. The summed E-state index contributed by atoms with van der Waals surface area (Å²) in [7, 11) is 0. The van der Waals surface area contributed by atoms with E-state index in [0.29, 0.717) is 6.42 Å². The zero-order chi connectivity index (χ0) is 22.3. The van der Waals surface area contributed by atoms with Gasteiger partial charge in [-0.05, 0) is 54.5 Å². The van der Waals surface area contributed by atoms with Crippen LogP contribution in [0.3, 0.4) is 0 Å². The topological polar surface area (TPSA) is 32.3 Å². The number of nitrogens with one attached hydrogen (secondary N) is 1. The van der Waals surface area contributed by atoms with Gasteiger partial charge in [-0.15, -0.1) is 0 Å². The Morgan fingerprint density at radius 3 is 2.06 bits per heavy atom. The third-order valence-electron chi connectivity index (χ3n) is 6.59. The number of carbonyl (C=O) groups is 1. The number of anilines is 1. The molecule has 1 aliphatic rings. The minimum atomic E-state index is -0.0240. The first kappa shape index (κ1) is 22.1. The lowest BCUT2D eigenvalue weighted by Crippen LogP contribution is -2.34. The number of amides is 1. The van der Waals surface area contributed by atoms with Crippen LogP contribution in [0.2, 0.25) is 0 Å². The highest BCUT2D eigenvalue weighted by molar-refractivity contribution is 5.78. The van der Waals surface area contributed by atoms with Crippen LogP contribution in [-0.2, 0) is 4.79 Å². The maximum Gasteiger partial charge on any atom is 0.221 e. The Bertz CT molecular complexity index is 945. The Balaban J connectivity index is 1.41. The fraction of sp³-hybridized carbons (Fsp3) is 0.345. The second-order valence-corrected chi connectivity index (χ2v) is 9.15. The van der Waals surface area contributed by atoms with Crippen molar-refractivity contribution in [2.24, 2.45) is 5.92 Å². The van der Waals surface area contributed by atoms with Crippen molar-refractivity contribution in [1.82, 2.24) is 5.32 Å². The lowest BCUT2D eigenvalue weighted by atomic mass is 9.88. The highest BCUT2D eigenvalue weighted by atomic mass is 16.1. The first-order chi connectivity index (χ1) is 15.6. The highest BCUT2D eigenvalue weighted by Gasteiger charge is 2.20. The molecule has 3 heteroatoms. The number of carbonyl (C=O) groups excluding carboxylic acids is 1. The van der Waals surface area contributed by atoms with E-state index in [-0.39, 0.29) is 17.9 Å². The van der Waals surface area contributed by atoms with E-state index in [1.54, 1.807) is 0 Å². The van der Waals surface area contributed by atoms with Crippen molar-refractivity contribution in [3.63, 3.8) is 0 Å². The van der Waals surface area contributed by atoms with Gasteiger partial charge in [0.2, 0.25) is 5.91 Å². The molecular formula is C29H34N2O. The Kier molecular flexibility index (Phi) is 7.26. The molecular weight excluding hydrogens is 392 g/mol. The third kappa shape index (κ3) is 5.59. The predicted molar refractivity (Wildman–Crippen MR) is 133 cm³/mol. The molecule has 1 aliphatic heterocycles. The maximum atomic E-state index is 13.0. The Labute approximate surface area is 192 Å². The van der Waals surface area contributed by atoms with Gasteiger partial charge in [-0.25, -0.2) is 0 Å². The van der Waals surface area contributed by atoms with Gasteiger partial charge in [0.15, 0.2) is 0 Å². The van der Waals surface area contributed by atoms with Crippen LogP contribution in [-0.4, -0.2) is 19.0 Å². The van der Waals surface area contributed by atoms with Crippen molar-refractivity contribution in [2.75, 3.05) is 18.0 Å². The molecule has 1 N–H and O–H groups in total. The van der Waals surface area contributed by atoms with Crippen LogP contribution < -0.4 is 10.2 Å². The van der Waals surface area contributed by atoms with E-state index in [4.69, 9.17) is 0 Å². The minimum absolute atomic E-state index is 0.0240. The number of hydrogen-bond acceptors (Lipinski definition) is 2. The zero-order valence-electron chi connectivity index (χ0n) is 19.2. The van der Waals surface area contributed by atoms with Crippen LogP contribution in [0.1, 0.15) is 61.8 Å². The summed E-state index contributed by atoms with van der Waals surface area (Å²) < 4.78 is 0. The van der Waals surface area contributed by atoms with Crippen LogP contribution in [0.25, 0.3) is 0 Å². The molecule has 0 unspecified atom stereocenters. The van der Waals surface area contributed by atoms with Gasteiger partial charge in [-0.3, -0.25) is 4.79 Å². The molecule has 1 heterocycles. The predicted octanol–water partition coefficient (Wildman–Crippen LogP) is 6.32. The molecule has 1 saturated heterocycles. The zero-order valence-corrected chi connectivity index (χ0v) is 19.2. The van der Waals surface area contributed by atoms with Crippen molar-refractivity contribution in [3.8, 4) is 0 Å². The first-order valence-corrected chi connectivity index (χ1v) is 11.8. The van der Waals surface area contributed by atoms with Gasteiger partial charge in [-0.1, -0.05) is 79.7 Å². The standard InChI is InChI=1S/C29H34N2O/c1-22-10-9-19-31(21-22)27-17-15-24(16-18-27)23(2)30-29(32)20-28(25-11-5-3-6-12-25)26-13-7-4-8-14-26/h3-8,11-18,22-23,28H,9-10,19-21H2,1-2H3,(H,30,32)/t22-,23+/m0/s1. The summed E-state index contributed by atoms with van der Waals surface area (Å²) in [5, 5.41) is 3.22. The number of rotatable bonds is 7. The highest BCUT2D eigenvalue weighted by Crippen LogP contribution is 2.29. The second-order valence-electron chi connectivity index (χ2n) is 9.15. The summed E-state index contributed by atoms with van der Waals surface area (Å²) in [6.45, 7) is 6.66. The smallest absolute Gasteiger partial charge is 0.221 e. The molecule has 0 aliphatic carbocycles. The lowest BCUT2D eigenvalue weighted by Gasteiger charge is -2.33. The lowest BCUT2D eigenvalue weighted by molar-refractivity contribution is -0.121. The third-order valence-corrected chi connectivity index (χ3v) is 6.59. The normalized spacial score (nSPS) is 17.2. The summed E-state index contributed by atoms with van der Waals surface area (Å²) in [5.74, 6) is 0.876. The first-order valence-electron chi connectivity index (χ1n) is 11.8. The van der Waals surface area contributed by atoms with Crippen molar-refractivity contribution in [2.45, 2.75) is 45.1 Å². The molecule has 3 aromatic carbocycles. The second kappa shape index (κ2) is 10.5. The summed E-state index contributed by atoms with van der Waals surface area (Å²) >= 11 is 0. The number of benzene rings is 3. The average Bonchev–Trinajstić information content (AvgIpc) is 2.84. The van der Waals surface area contributed by atoms with E-state index >= 15 is 0 Å². The fourth-order valence-corrected chi connectivity index (χ4v) is 4.77. The summed E-state index contributed by atoms with van der Waals surface area (Å²) in [4.78, 5) is 15.5. The molecule has 0 saturated carbocycles. The number of hydrogen-bond donors (Lipinski definition) is 1. The van der Waals surface area contributed by atoms with Crippen molar-refractivity contribution >= 4 is 11.6 Å². The Morgan fingerprint density at radius 1 is 0.906 bits per heavy atom.